The molecule has 1 aromatic heterocycles. The van der Waals surface area contributed by atoms with Gasteiger partial charge in [0, 0.05) is 0 Å². The number of rotatable bonds is 1. The molecule has 2 N–H and O–H groups in total. The quantitative estimate of drug-likeness (QED) is 0.759. The average molecular weight is 271 g/mol. The van der Waals surface area contributed by atoms with Crippen molar-refractivity contribution in [3.8, 4) is 6.07 Å². The first-order valence-electron chi connectivity index (χ1n) is 4.26. The van der Waals surface area contributed by atoms with Crippen molar-refractivity contribution < 1.29 is 9.90 Å². The zero-order valence-electron chi connectivity index (χ0n) is 7.57. The molecule has 1 unspecified atom stereocenters. The van der Waals surface area contributed by atoms with Crippen molar-refractivity contribution in [1.29, 1.82) is 5.26 Å². The molecule has 1 fully saturated rings. The minimum Gasteiger partial charge on any atom is -0.391 e. The lowest BCUT2D eigenvalue weighted by Gasteiger charge is -2.11. The number of hydrogen-bond donors (Lipinski definition) is 2. The van der Waals surface area contributed by atoms with Gasteiger partial charge in [-0.3, -0.25) is 14.8 Å². The molecule has 7 heteroatoms. The van der Waals surface area contributed by atoms with Gasteiger partial charge in [-0.2, -0.15) is 10.4 Å². The number of nitrogens with zero attached hydrogens (tertiary/aromatic N) is 3. The molecule has 15 heavy (non-hydrogen) atoms. The number of nitrogens with one attached hydrogen (secondary N) is 1. The summed E-state index contributed by atoms with van der Waals surface area (Å²) in [4.78, 5) is 12.8. The maximum absolute atomic E-state index is 11.4. The van der Waals surface area contributed by atoms with Gasteiger partial charge in [0.1, 0.15) is 16.2 Å². The van der Waals surface area contributed by atoms with Crippen molar-refractivity contribution >= 4 is 27.7 Å². The molecular weight excluding hydrogens is 264 g/mol. The second-order valence-electron chi connectivity index (χ2n) is 3.21. The minimum absolute atomic E-state index is 0.0787. The summed E-state index contributed by atoms with van der Waals surface area (Å²) in [6, 6.07) is 1.94. The third kappa shape index (κ3) is 1.62. The average Bonchev–Trinajstić information content (AvgIpc) is 2.69. The van der Waals surface area contributed by atoms with Crippen LogP contribution < -0.4 is 4.90 Å². The number of aromatic amines is 1. The van der Waals surface area contributed by atoms with Crippen LogP contribution in [0.5, 0.6) is 0 Å². The smallest absolute Gasteiger partial charge is 0.230 e. The molecule has 0 bridgehead atoms. The van der Waals surface area contributed by atoms with E-state index in [2.05, 4.69) is 26.1 Å². The molecule has 2 rings (SSSR count). The fourth-order valence-electron chi connectivity index (χ4n) is 1.50. The molecular formula is C8H7BrN4O2. The fraction of sp³-hybridized carbons (Fsp3) is 0.375. The second kappa shape index (κ2) is 3.64. The van der Waals surface area contributed by atoms with E-state index in [9.17, 15) is 9.90 Å². The van der Waals surface area contributed by atoms with Crippen LogP contribution in [0.25, 0.3) is 0 Å². The van der Waals surface area contributed by atoms with Crippen LogP contribution in [-0.2, 0) is 4.79 Å². The van der Waals surface area contributed by atoms with Crippen LogP contribution >= 0.6 is 15.9 Å². The number of aliphatic hydroxyl groups is 1. The summed E-state index contributed by atoms with van der Waals surface area (Å²) in [5.41, 5.74) is 0.275. The Kier molecular flexibility index (Phi) is 2.46. The molecule has 0 aromatic carbocycles. The summed E-state index contributed by atoms with van der Waals surface area (Å²) >= 11 is 3.12. The lowest BCUT2D eigenvalue weighted by Crippen LogP contribution is -2.26. The minimum atomic E-state index is -0.681. The van der Waals surface area contributed by atoms with Crippen molar-refractivity contribution in [3.63, 3.8) is 0 Å². The number of H-pyrrole nitrogens is 1. The Hall–Kier alpha value is -1.39. The van der Waals surface area contributed by atoms with Gasteiger partial charge in [0.2, 0.25) is 5.91 Å². The molecule has 1 atom stereocenters. The highest BCUT2D eigenvalue weighted by Crippen LogP contribution is 2.27. The van der Waals surface area contributed by atoms with Gasteiger partial charge in [0.25, 0.3) is 0 Å². The van der Waals surface area contributed by atoms with Crippen LogP contribution in [-0.4, -0.2) is 33.9 Å². The van der Waals surface area contributed by atoms with E-state index in [-0.39, 0.29) is 30.3 Å². The van der Waals surface area contributed by atoms with E-state index in [1.54, 1.807) is 0 Å². The largest absolute Gasteiger partial charge is 0.391 e. The molecule has 1 saturated heterocycles. The Labute approximate surface area is 93.6 Å². The molecule has 1 aromatic rings. The summed E-state index contributed by atoms with van der Waals surface area (Å²) in [5.74, 6) is 0.0453. The third-order valence-electron chi connectivity index (χ3n) is 2.18. The topological polar surface area (TPSA) is 93.0 Å². The highest BCUT2D eigenvalue weighted by atomic mass is 79.9. The van der Waals surface area contributed by atoms with Crippen molar-refractivity contribution in [2.45, 2.75) is 12.5 Å². The third-order valence-corrected chi connectivity index (χ3v) is 2.75. The predicted octanol–water partition coefficient (Wildman–Crippen LogP) is 0.141. The number of amides is 1. The SMILES string of the molecule is N#Cc1c(N2CC(O)CC2=O)n[nH]c1Br. The van der Waals surface area contributed by atoms with Gasteiger partial charge in [-0.1, -0.05) is 0 Å². The first-order chi connectivity index (χ1) is 7.13. The Bertz CT molecular complexity index is 450. The number of halogens is 1. The van der Waals surface area contributed by atoms with E-state index < -0.39 is 6.10 Å². The Morgan fingerprint density at radius 1 is 1.73 bits per heavy atom. The van der Waals surface area contributed by atoms with Gasteiger partial charge in [-0.25, -0.2) is 0 Å². The van der Waals surface area contributed by atoms with E-state index in [1.807, 2.05) is 6.07 Å². The highest BCUT2D eigenvalue weighted by molar-refractivity contribution is 9.10. The normalized spacial score (nSPS) is 20.7. The predicted molar refractivity (Wildman–Crippen MR) is 54.0 cm³/mol. The molecule has 0 saturated carbocycles. The number of nitriles is 1. The standard InChI is InChI=1S/C8H7BrN4O2/c9-7-5(2-10)8(12-11-7)13-3-4(14)1-6(13)15/h4,14H,1,3H2,(H,11,12). The number of aliphatic hydroxyl groups excluding tert-OH is 1. The van der Waals surface area contributed by atoms with E-state index in [0.717, 1.165) is 0 Å². The molecule has 1 amide bonds. The summed E-state index contributed by atoms with van der Waals surface area (Å²) in [7, 11) is 0. The molecule has 78 valence electrons. The van der Waals surface area contributed by atoms with E-state index in [4.69, 9.17) is 5.26 Å². The Morgan fingerprint density at radius 2 is 2.47 bits per heavy atom. The summed E-state index contributed by atoms with van der Waals surface area (Å²) < 4.78 is 0.439. The molecule has 0 radical (unpaired) electrons. The zero-order valence-corrected chi connectivity index (χ0v) is 9.15. The lowest BCUT2D eigenvalue weighted by molar-refractivity contribution is -0.117. The van der Waals surface area contributed by atoms with Crippen LogP contribution in [0.1, 0.15) is 12.0 Å². The van der Waals surface area contributed by atoms with Crippen LogP contribution in [0.3, 0.4) is 0 Å². The molecule has 0 aliphatic carbocycles. The fourth-order valence-corrected chi connectivity index (χ4v) is 1.85. The maximum Gasteiger partial charge on any atom is 0.230 e. The van der Waals surface area contributed by atoms with E-state index in [1.165, 1.54) is 4.90 Å². The van der Waals surface area contributed by atoms with Crippen LogP contribution in [0.4, 0.5) is 5.82 Å². The molecule has 1 aliphatic rings. The van der Waals surface area contributed by atoms with Gasteiger partial charge >= 0.3 is 0 Å². The number of hydrogen-bond acceptors (Lipinski definition) is 4. The van der Waals surface area contributed by atoms with Crippen LogP contribution in [0, 0.1) is 11.3 Å². The van der Waals surface area contributed by atoms with E-state index in [0.29, 0.717) is 4.60 Å². The summed E-state index contributed by atoms with van der Waals surface area (Å²) in [6.07, 6.45) is -0.602. The van der Waals surface area contributed by atoms with Crippen molar-refractivity contribution in [2.24, 2.45) is 0 Å². The van der Waals surface area contributed by atoms with Crippen LogP contribution in [0.2, 0.25) is 0 Å². The molecule has 2 heterocycles. The number of anilines is 1. The molecule has 6 nitrogen and oxygen atoms in total. The summed E-state index contributed by atoms with van der Waals surface area (Å²) in [5, 5.41) is 24.6. The maximum atomic E-state index is 11.4. The van der Waals surface area contributed by atoms with Crippen molar-refractivity contribution in [1.82, 2.24) is 10.2 Å². The number of β-amino-alcohol motifs (C(OH)–C–C–N with tert-alkyl or cyclic N) is 1. The molecule has 0 spiro atoms. The second-order valence-corrected chi connectivity index (χ2v) is 4.00. The Morgan fingerprint density at radius 3 is 3.00 bits per heavy atom. The monoisotopic (exact) mass is 270 g/mol. The summed E-state index contributed by atoms with van der Waals surface area (Å²) in [6.45, 7) is 0.185. The van der Waals surface area contributed by atoms with Gasteiger partial charge in [0.15, 0.2) is 5.82 Å². The first-order valence-corrected chi connectivity index (χ1v) is 5.05. The molecule has 1 aliphatic heterocycles. The first kappa shape index (κ1) is 10.1. The van der Waals surface area contributed by atoms with Crippen molar-refractivity contribution in [3.05, 3.63) is 10.2 Å². The highest BCUT2D eigenvalue weighted by Gasteiger charge is 2.32. The van der Waals surface area contributed by atoms with E-state index >= 15 is 0 Å². The van der Waals surface area contributed by atoms with Gasteiger partial charge < -0.3 is 5.11 Å². The zero-order chi connectivity index (χ0) is 11.0. The van der Waals surface area contributed by atoms with Crippen molar-refractivity contribution in [2.75, 3.05) is 11.4 Å². The number of aromatic nitrogens is 2. The van der Waals surface area contributed by atoms with Gasteiger partial charge in [-0.15, -0.1) is 0 Å². The van der Waals surface area contributed by atoms with Gasteiger partial charge in [0.05, 0.1) is 19.1 Å². The lowest BCUT2D eigenvalue weighted by atomic mass is 10.3. The number of carbonyl (C=O) groups is 1. The Balaban J connectivity index is 2.39. The number of carbonyl (C=O) groups excluding carboxylic acids is 1. The van der Waals surface area contributed by atoms with Gasteiger partial charge in [-0.05, 0) is 15.9 Å². The van der Waals surface area contributed by atoms with Crippen LogP contribution in [0.15, 0.2) is 4.60 Å².